The molecule has 0 heterocycles. The first-order chi connectivity index (χ1) is 10.2. The molecule has 0 spiro atoms. The molecule has 0 saturated heterocycles. The molecule has 0 aliphatic heterocycles. The summed E-state index contributed by atoms with van der Waals surface area (Å²) in [6.45, 7) is 1.00. The molecule has 0 fully saturated rings. The normalized spacial score (nSPS) is 10.1. The first-order valence-corrected chi connectivity index (χ1v) is 7.31. The lowest BCUT2D eigenvalue weighted by atomic mass is 10.1. The van der Waals surface area contributed by atoms with Crippen LogP contribution in [0.15, 0.2) is 54.6 Å². The molecule has 0 unspecified atom stereocenters. The number of ether oxygens (including phenoxy) is 1. The zero-order valence-electron chi connectivity index (χ0n) is 11.7. The van der Waals surface area contributed by atoms with Crippen molar-refractivity contribution in [3.05, 3.63) is 65.2 Å². The van der Waals surface area contributed by atoms with Crippen LogP contribution in [-0.4, -0.2) is 19.1 Å². The summed E-state index contributed by atoms with van der Waals surface area (Å²) in [5.74, 6) is 0.719. The van der Waals surface area contributed by atoms with E-state index in [4.69, 9.17) is 16.3 Å². The quantitative estimate of drug-likeness (QED) is 0.850. The average Bonchev–Trinajstić information content (AvgIpc) is 2.50. The van der Waals surface area contributed by atoms with Gasteiger partial charge in [0.15, 0.2) is 0 Å². The second-order valence-corrected chi connectivity index (χ2v) is 5.07. The molecule has 4 heteroatoms. The van der Waals surface area contributed by atoms with Crippen molar-refractivity contribution in [2.45, 2.75) is 12.8 Å². The van der Waals surface area contributed by atoms with Crippen molar-refractivity contribution in [3.63, 3.8) is 0 Å². The van der Waals surface area contributed by atoms with Gasteiger partial charge in [-0.05, 0) is 36.2 Å². The Morgan fingerprint density at radius 1 is 1.05 bits per heavy atom. The van der Waals surface area contributed by atoms with Gasteiger partial charge in [0.1, 0.15) is 5.75 Å². The van der Waals surface area contributed by atoms with E-state index in [0.29, 0.717) is 24.6 Å². The van der Waals surface area contributed by atoms with Gasteiger partial charge in [-0.25, -0.2) is 0 Å². The van der Waals surface area contributed by atoms with Crippen molar-refractivity contribution in [1.29, 1.82) is 0 Å². The van der Waals surface area contributed by atoms with Crippen LogP contribution in [0, 0.1) is 0 Å². The van der Waals surface area contributed by atoms with Crippen LogP contribution in [0.2, 0.25) is 5.02 Å². The van der Waals surface area contributed by atoms with Gasteiger partial charge in [-0.3, -0.25) is 4.79 Å². The lowest BCUT2D eigenvalue weighted by Gasteiger charge is -2.07. The van der Waals surface area contributed by atoms with Crippen LogP contribution < -0.4 is 10.1 Å². The predicted octanol–water partition coefficient (Wildman–Crippen LogP) is 3.47. The zero-order valence-corrected chi connectivity index (χ0v) is 12.5. The maximum Gasteiger partial charge on any atom is 0.223 e. The van der Waals surface area contributed by atoms with Crippen molar-refractivity contribution in [2.24, 2.45) is 0 Å². The second kappa shape index (κ2) is 8.32. The van der Waals surface area contributed by atoms with Gasteiger partial charge in [0.25, 0.3) is 0 Å². The molecule has 1 amide bonds. The number of carbonyl (C=O) groups excluding carboxylic acids is 1. The van der Waals surface area contributed by atoms with E-state index >= 15 is 0 Å². The van der Waals surface area contributed by atoms with Crippen molar-refractivity contribution in [1.82, 2.24) is 5.32 Å². The summed E-state index contributed by atoms with van der Waals surface area (Å²) in [5, 5.41) is 3.55. The van der Waals surface area contributed by atoms with Crippen molar-refractivity contribution < 1.29 is 9.53 Å². The van der Waals surface area contributed by atoms with E-state index in [9.17, 15) is 4.79 Å². The van der Waals surface area contributed by atoms with E-state index in [1.165, 1.54) is 5.56 Å². The third-order valence-corrected chi connectivity index (χ3v) is 3.24. The van der Waals surface area contributed by atoms with Gasteiger partial charge >= 0.3 is 0 Å². The summed E-state index contributed by atoms with van der Waals surface area (Å²) in [6, 6.07) is 17.2. The number of benzene rings is 2. The highest BCUT2D eigenvalue weighted by Gasteiger charge is 2.02. The molecule has 3 nitrogen and oxygen atoms in total. The van der Waals surface area contributed by atoms with Crippen LogP contribution in [0.25, 0.3) is 0 Å². The molecule has 2 aromatic rings. The van der Waals surface area contributed by atoms with Crippen molar-refractivity contribution in [3.8, 4) is 5.75 Å². The first kappa shape index (κ1) is 15.4. The zero-order chi connectivity index (χ0) is 14.9. The fraction of sp³-hybridized carbons (Fsp3) is 0.235. The van der Waals surface area contributed by atoms with Crippen LogP contribution in [-0.2, 0) is 11.2 Å². The molecule has 0 atom stereocenters. The number of nitrogens with one attached hydrogen (secondary N) is 1. The number of rotatable bonds is 7. The third kappa shape index (κ3) is 5.88. The summed E-state index contributed by atoms with van der Waals surface area (Å²) in [5.41, 5.74) is 1.22. The van der Waals surface area contributed by atoms with E-state index in [0.717, 1.165) is 12.2 Å². The number of halogens is 1. The lowest BCUT2D eigenvalue weighted by Crippen LogP contribution is -2.27. The Morgan fingerprint density at radius 2 is 1.76 bits per heavy atom. The van der Waals surface area contributed by atoms with Crippen LogP contribution in [0.3, 0.4) is 0 Å². The minimum Gasteiger partial charge on any atom is -0.493 e. The molecule has 21 heavy (non-hydrogen) atoms. The van der Waals surface area contributed by atoms with Gasteiger partial charge in [-0.1, -0.05) is 41.9 Å². The molecule has 2 rings (SSSR count). The van der Waals surface area contributed by atoms with E-state index in [1.54, 1.807) is 24.3 Å². The van der Waals surface area contributed by atoms with Crippen LogP contribution >= 0.6 is 11.6 Å². The third-order valence-electron chi connectivity index (χ3n) is 2.99. The van der Waals surface area contributed by atoms with Gasteiger partial charge < -0.3 is 10.1 Å². The molecule has 1 N–H and O–H groups in total. The maximum absolute atomic E-state index is 11.7. The molecule has 0 aromatic heterocycles. The molecular weight excluding hydrogens is 286 g/mol. The highest BCUT2D eigenvalue weighted by Crippen LogP contribution is 2.15. The highest BCUT2D eigenvalue weighted by atomic mass is 35.5. The van der Waals surface area contributed by atoms with Gasteiger partial charge in [0, 0.05) is 11.6 Å². The Hall–Kier alpha value is -2.00. The van der Waals surface area contributed by atoms with Crippen molar-refractivity contribution in [2.75, 3.05) is 13.2 Å². The predicted molar refractivity (Wildman–Crippen MR) is 84.7 cm³/mol. The fourth-order valence-corrected chi connectivity index (χ4v) is 2.00. The molecular formula is C17H18ClNO2. The first-order valence-electron chi connectivity index (χ1n) is 6.93. The lowest BCUT2D eigenvalue weighted by molar-refractivity contribution is -0.121. The summed E-state index contributed by atoms with van der Waals surface area (Å²) < 4.78 is 5.48. The Bertz CT molecular complexity index is 555. The molecule has 0 bridgehead atoms. The summed E-state index contributed by atoms with van der Waals surface area (Å²) in [7, 11) is 0. The molecule has 0 saturated carbocycles. The average molecular weight is 304 g/mol. The number of carbonyl (C=O) groups is 1. The molecule has 110 valence electrons. The monoisotopic (exact) mass is 303 g/mol. The van der Waals surface area contributed by atoms with Crippen molar-refractivity contribution >= 4 is 17.5 Å². The number of hydrogen-bond donors (Lipinski definition) is 1. The smallest absolute Gasteiger partial charge is 0.223 e. The summed E-state index contributed by atoms with van der Waals surface area (Å²) in [4.78, 5) is 11.7. The molecule has 0 aliphatic rings. The van der Waals surface area contributed by atoms with Crippen LogP contribution in [0.4, 0.5) is 0 Å². The Morgan fingerprint density at radius 3 is 2.48 bits per heavy atom. The summed E-state index contributed by atoms with van der Waals surface area (Å²) >= 11 is 5.78. The van der Waals surface area contributed by atoms with Crippen LogP contribution in [0.5, 0.6) is 5.75 Å². The highest BCUT2D eigenvalue weighted by molar-refractivity contribution is 6.30. The molecule has 0 aliphatic carbocycles. The fourth-order valence-electron chi connectivity index (χ4n) is 1.87. The number of hydrogen-bond acceptors (Lipinski definition) is 2. The van der Waals surface area contributed by atoms with E-state index in [-0.39, 0.29) is 5.91 Å². The summed E-state index contributed by atoms with van der Waals surface area (Å²) in [6.07, 6.45) is 1.18. The Balaban J connectivity index is 1.60. The largest absolute Gasteiger partial charge is 0.493 e. The maximum atomic E-state index is 11.7. The minimum atomic E-state index is -0.0000975. The van der Waals surface area contributed by atoms with E-state index in [1.807, 2.05) is 18.2 Å². The second-order valence-electron chi connectivity index (χ2n) is 4.64. The van der Waals surface area contributed by atoms with Crippen LogP contribution in [0.1, 0.15) is 12.0 Å². The number of amides is 1. The Kier molecular flexibility index (Phi) is 6.10. The van der Waals surface area contributed by atoms with Gasteiger partial charge in [0.05, 0.1) is 13.0 Å². The van der Waals surface area contributed by atoms with Gasteiger partial charge in [0.2, 0.25) is 5.91 Å². The minimum absolute atomic E-state index is 0.0000975. The Labute approximate surface area is 129 Å². The van der Waals surface area contributed by atoms with E-state index < -0.39 is 0 Å². The molecule has 0 radical (unpaired) electrons. The standard InChI is InChI=1S/C17H18ClNO2/c18-15-6-8-16(9-7-15)21-13-11-17(20)19-12-10-14-4-2-1-3-5-14/h1-9H,10-13H2,(H,19,20). The topological polar surface area (TPSA) is 38.3 Å². The SMILES string of the molecule is O=C(CCOc1ccc(Cl)cc1)NCCc1ccccc1. The van der Waals surface area contributed by atoms with E-state index in [2.05, 4.69) is 17.4 Å². The molecule has 2 aromatic carbocycles. The van der Waals surface area contributed by atoms with Gasteiger partial charge in [-0.15, -0.1) is 0 Å². The van der Waals surface area contributed by atoms with Gasteiger partial charge in [-0.2, -0.15) is 0 Å².